The van der Waals surface area contributed by atoms with Crippen LogP contribution in [0, 0.1) is 11.8 Å². The first-order valence-corrected chi connectivity index (χ1v) is 22.3. The van der Waals surface area contributed by atoms with Gasteiger partial charge in [-0.25, -0.2) is 9.59 Å². The molecule has 1 aromatic carbocycles. The Morgan fingerprint density at radius 3 is 2.36 bits per heavy atom. The lowest BCUT2D eigenvalue weighted by Gasteiger charge is -2.42. The van der Waals surface area contributed by atoms with E-state index in [0.29, 0.717) is 43.9 Å². The van der Waals surface area contributed by atoms with E-state index < -0.39 is 92.3 Å². The van der Waals surface area contributed by atoms with E-state index in [0.717, 1.165) is 25.5 Å². The van der Waals surface area contributed by atoms with Gasteiger partial charge in [0.2, 0.25) is 5.91 Å². The van der Waals surface area contributed by atoms with Crippen molar-refractivity contribution < 1.29 is 62.6 Å². The molecule has 1 amide bonds. The lowest BCUT2D eigenvalue weighted by molar-refractivity contribution is -0.270. The van der Waals surface area contributed by atoms with Crippen LogP contribution in [0.4, 0.5) is 4.79 Å². The molecule has 61 heavy (non-hydrogen) atoms. The minimum Gasteiger partial charge on any atom is -0.432 e. The standard InChI is InChI=1S/C39H58N5O15PS/c1-25(46)42-32-34(49)33(48)29(21-45)59-36(32)55-20-12-11-18-41-37(61)40-17-10-5-3-4-9-15-27-28(24-60(52,53)54-2)30(58-35(27)44-19-16-31(47)43-38(44)50)23-57-39(51)56-22-26-13-7-6-8-14-26/h4,6-9,13-14,16,19,27-30,32-36,45,48-49H,3,5,10-12,15,17-18,20-24H2,1-2H3,(H,42,46)(H,52,53)(H2,40,41,61)(H,43,47,50)/b9-4+/t27-,28?,29+,30+,32+,33-,34+,35+,36+/m0/s1. The first kappa shape index (κ1) is 49.6. The van der Waals surface area contributed by atoms with E-state index in [9.17, 15) is 44.0 Å². The van der Waals surface area contributed by atoms with Crippen molar-refractivity contribution in [1.29, 1.82) is 0 Å². The van der Waals surface area contributed by atoms with Crippen LogP contribution in [0.5, 0.6) is 0 Å². The third-order valence-corrected chi connectivity index (χ3v) is 11.9. The fraction of sp³-hybridized carbons (Fsp3) is 0.615. The van der Waals surface area contributed by atoms with Crippen molar-refractivity contribution in [1.82, 2.24) is 25.5 Å². The van der Waals surface area contributed by atoms with Crippen LogP contribution in [-0.2, 0) is 44.2 Å². The van der Waals surface area contributed by atoms with Crippen LogP contribution in [0.3, 0.4) is 0 Å². The van der Waals surface area contributed by atoms with Crippen LogP contribution in [0.25, 0.3) is 0 Å². The van der Waals surface area contributed by atoms with Crippen molar-refractivity contribution in [2.45, 2.75) is 95.0 Å². The molecule has 2 aliphatic rings. The molecule has 1 aromatic heterocycles. The topological polar surface area (TPSA) is 278 Å². The number of nitrogens with zero attached hydrogens (tertiary/aromatic N) is 1. The zero-order valence-electron chi connectivity index (χ0n) is 34.2. The van der Waals surface area contributed by atoms with Crippen LogP contribution in [0.1, 0.15) is 57.2 Å². The Labute approximate surface area is 358 Å². The van der Waals surface area contributed by atoms with Gasteiger partial charge in [-0.2, -0.15) is 0 Å². The highest BCUT2D eigenvalue weighted by molar-refractivity contribution is 7.80. The third-order valence-electron chi connectivity index (χ3n) is 10.2. The number of ether oxygens (including phenoxy) is 5. The Morgan fingerprint density at radius 2 is 1.69 bits per heavy atom. The predicted molar refractivity (Wildman–Crippen MR) is 223 cm³/mol. The van der Waals surface area contributed by atoms with E-state index in [2.05, 4.69) is 20.9 Å². The molecule has 10 atom stereocenters. The Bertz CT molecular complexity index is 1890. The first-order chi connectivity index (χ1) is 29.2. The molecule has 2 aromatic rings. The third kappa shape index (κ3) is 16.0. The molecule has 2 saturated heterocycles. The quantitative estimate of drug-likeness (QED) is 0.0256. The number of aliphatic hydroxyl groups is 3. The number of aliphatic hydroxyl groups excluding tert-OH is 3. The Kier molecular flexibility index (Phi) is 20.5. The summed E-state index contributed by atoms with van der Waals surface area (Å²) in [6.07, 6.45) is 0.956. The number of aromatic nitrogens is 2. The number of amides is 1. The number of hydrogen-bond acceptors (Lipinski definition) is 15. The number of nitrogens with one attached hydrogen (secondary N) is 4. The van der Waals surface area contributed by atoms with Crippen LogP contribution < -0.4 is 27.2 Å². The van der Waals surface area contributed by atoms with Crippen molar-refractivity contribution in [3.05, 3.63) is 81.1 Å². The van der Waals surface area contributed by atoms with Gasteiger partial charge >= 0.3 is 19.4 Å². The van der Waals surface area contributed by atoms with Gasteiger partial charge in [0.15, 0.2) is 11.4 Å². The number of H-pyrrole nitrogens is 1. The van der Waals surface area contributed by atoms with Gasteiger partial charge in [-0.1, -0.05) is 42.5 Å². The maximum atomic E-state index is 12.9. The molecule has 2 aliphatic heterocycles. The second kappa shape index (κ2) is 25.2. The Balaban J connectivity index is 1.21. The molecule has 3 heterocycles. The Morgan fingerprint density at radius 1 is 0.967 bits per heavy atom. The van der Waals surface area contributed by atoms with Gasteiger partial charge in [0.05, 0.1) is 18.9 Å². The van der Waals surface area contributed by atoms with E-state index >= 15 is 0 Å². The summed E-state index contributed by atoms with van der Waals surface area (Å²) in [4.78, 5) is 61.6. The van der Waals surface area contributed by atoms with Gasteiger partial charge in [0, 0.05) is 57.8 Å². The molecule has 20 nitrogen and oxygen atoms in total. The van der Waals surface area contributed by atoms with Crippen LogP contribution in [-0.4, -0.2) is 130 Å². The van der Waals surface area contributed by atoms with E-state index in [1.165, 1.54) is 23.8 Å². The summed E-state index contributed by atoms with van der Waals surface area (Å²) >= 11 is 5.38. The molecule has 4 rings (SSSR count). The maximum absolute atomic E-state index is 12.9. The normalized spacial score (nSPS) is 26.0. The van der Waals surface area contributed by atoms with Crippen LogP contribution >= 0.6 is 19.8 Å². The fourth-order valence-corrected chi connectivity index (χ4v) is 8.38. The van der Waals surface area contributed by atoms with E-state index in [1.807, 2.05) is 18.2 Å². The number of rotatable bonds is 23. The lowest BCUT2D eigenvalue weighted by Crippen LogP contribution is -2.64. The highest BCUT2D eigenvalue weighted by Gasteiger charge is 2.48. The monoisotopic (exact) mass is 899 g/mol. The zero-order valence-corrected chi connectivity index (χ0v) is 35.9. The SMILES string of the molecule is COP(=O)(O)CC1[C@@H](COC(=O)OCc2ccccc2)O[C@@H](n2ccc(=O)[nH]c2=O)[C@H]1C/C=C/CCCCNC(=S)NCCCCO[C@@H]1O[C@H](CO)[C@H](O)[C@H](O)[C@H]1NC(C)=O. The van der Waals surface area contributed by atoms with Crippen molar-refractivity contribution in [3.63, 3.8) is 0 Å². The average Bonchev–Trinajstić information content (AvgIpc) is 3.56. The van der Waals surface area contributed by atoms with E-state index in [1.54, 1.807) is 24.3 Å². The predicted octanol–water partition coefficient (Wildman–Crippen LogP) is 1.17. The second-order valence-electron chi connectivity index (χ2n) is 14.6. The van der Waals surface area contributed by atoms with Gasteiger partial charge in [-0.05, 0) is 56.3 Å². The van der Waals surface area contributed by atoms with Crippen molar-refractivity contribution in [3.8, 4) is 0 Å². The number of allylic oxidation sites excluding steroid dienone is 2. The molecule has 0 aliphatic carbocycles. The minimum absolute atomic E-state index is 0.0262. The minimum atomic E-state index is -4.12. The molecule has 2 fully saturated rings. The first-order valence-electron chi connectivity index (χ1n) is 20.1. The molecule has 0 bridgehead atoms. The zero-order chi connectivity index (χ0) is 44.4. The van der Waals surface area contributed by atoms with Gasteiger partial charge < -0.3 is 64.4 Å². The number of unbranched alkanes of at least 4 members (excludes halogenated alkanes) is 3. The summed E-state index contributed by atoms with van der Waals surface area (Å²) in [5, 5.41) is 39.3. The molecule has 340 valence electrons. The van der Waals surface area contributed by atoms with Crippen LogP contribution in [0.2, 0.25) is 0 Å². The number of aromatic amines is 1. The number of benzene rings is 1. The molecule has 2 unspecified atom stereocenters. The summed E-state index contributed by atoms with van der Waals surface area (Å²) in [6.45, 7) is 1.78. The highest BCUT2D eigenvalue weighted by atomic mass is 32.1. The molecular formula is C39H58N5O15PS. The summed E-state index contributed by atoms with van der Waals surface area (Å²) in [5.74, 6) is -1.71. The van der Waals surface area contributed by atoms with Crippen molar-refractivity contribution in [2.75, 3.05) is 46.2 Å². The summed E-state index contributed by atoms with van der Waals surface area (Å²) in [5.41, 5.74) is -0.582. The summed E-state index contributed by atoms with van der Waals surface area (Å²) < 4.78 is 47.1. The van der Waals surface area contributed by atoms with Crippen molar-refractivity contribution >= 4 is 37.0 Å². The molecule has 22 heteroatoms. The van der Waals surface area contributed by atoms with Gasteiger partial charge in [-0.15, -0.1) is 0 Å². The van der Waals surface area contributed by atoms with Crippen LogP contribution in [0.15, 0.2) is 64.3 Å². The number of carbonyl (C=O) groups is 2. The van der Waals surface area contributed by atoms with Gasteiger partial charge in [0.25, 0.3) is 5.56 Å². The maximum Gasteiger partial charge on any atom is 0.508 e. The van der Waals surface area contributed by atoms with Crippen molar-refractivity contribution in [2.24, 2.45) is 11.8 Å². The van der Waals surface area contributed by atoms with Gasteiger partial charge in [-0.3, -0.25) is 23.7 Å². The average molecular weight is 900 g/mol. The molecule has 0 radical (unpaired) electrons. The smallest absolute Gasteiger partial charge is 0.432 e. The highest BCUT2D eigenvalue weighted by Crippen LogP contribution is 2.51. The van der Waals surface area contributed by atoms with E-state index in [4.69, 9.17) is 40.4 Å². The molecule has 0 saturated carbocycles. The molecule has 8 N–H and O–H groups in total. The fourth-order valence-electron chi connectivity index (χ4n) is 6.99. The number of thiocarbonyl (C=S) groups is 1. The largest absolute Gasteiger partial charge is 0.508 e. The number of carbonyl (C=O) groups excluding carboxylic acids is 2. The van der Waals surface area contributed by atoms with E-state index in [-0.39, 0.29) is 26.0 Å². The summed E-state index contributed by atoms with van der Waals surface area (Å²) in [6, 6.07) is 9.17. The molecular weight excluding hydrogens is 841 g/mol. The molecule has 0 spiro atoms. The lowest BCUT2D eigenvalue weighted by atomic mass is 9.88. The Hall–Kier alpha value is -4.02. The number of hydrogen-bond donors (Lipinski definition) is 8. The second-order valence-corrected chi connectivity index (χ2v) is 17.1. The summed E-state index contributed by atoms with van der Waals surface area (Å²) in [7, 11) is -3.00. The van der Waals surface area contributed by atoms with Gasteiger partial charge in [0.1, 0.15) is 43.8 Å².